The average molecular weight is 248 g/mol. The molecule has 2 unspecified atom stereocenters. The van der Waals surface area contributed by atoms with Crippen LogP contribution in [0.3, 0.4) is 0 Å². The molecule has 0 bridgehead atoms. The number of amides is 1. The van der Waals surface area contributed by atoms with E-state index in [4.69, 9.17) is 0 Å². The van der Waals surface area contributed by atoms with E-state index >= 15 is 0 Å². The fraction of sp³-hybridized carbons (Fsp3) is 0.571. The molecule has 1 N–H and O–H groups in total. The zero-order valence-electron chi connectivity index (χ0n) is 11.0. The Hall–Kier alpha value is -1.42. The highest BCUT2D eigenvalue weighted by molar-refractivity contribution is 5.94. The quantitative estimate of drug-likeness (QED) is 0.867. The van der Waals surface area contributed by atoms with E-state index < -0.39 is 6.10 Å². The lowest BCUT2D eigenvalue weighted by Gasteiger charge is -2.35. The third kappa shape index (κ3) is 2.70. The largest absolute Gasteiger partial charge is 0.391 e. The van der Waals surface area contributed by atoms with Gasteiger partial charge in [0.15, 0.2) is 0 Å². The molecule has 2 rings (SSSR count). The summed E-state index contributed by atoms with van der Waals surface area (Å²) in [4.78, 5) is 18.1. The monoisotopic (exact) mass is 248 g/mol. The number of aromatic nitrogens is 1. The van der Waals surface area contributed by atoms with Gasteiger partial charge in [-0.25, -0.2) is 0 Å². The molecule has 0 saturated heterocycles. The van der Waals surface area contributed by atoms with Gasteiger partial charge in [0.25, 0.3) is 5.91 Å². The van der Waals surface area contributed by atoms with Crippen LogP contribution in [-0.4, -0.2) is 40.1 Å². The summed E-state index contributed by atoms with van der Waals surface area (Å²) in [5, 5.41) is 9.98. The SMILES string of the molecule is Cc1cc(C(=O)N(C)C2CCCCC2O)ccn1. The highest BCUT2D eigenvalue weighted by atomic mass is 16.3. The lowest BCUT2D eigenvalue weighted by atomic mass is 9.91. The lowest BCUT2D eigenvalue weighted by molar-refractivity contribution is 0.0268. The summed E-state index contributed by atoms with van der Waals surface area (Å²) in [7, 11) is 1.78. The number of pyridine rings is 1. The first-order chi connectivity index (χ1) is 8.59. The molecule has 4 heteroatoms. The smallest absolute Gasteiger partial charge is 0.254 e. The molecule has 1 aliphatic carbocycles. The Bertz CT molecular complexity index is 434. The molecule has 1 fully saturated rings. The maximum atomic E-state index is 12.3. The average Bonchev–Trinajstić information content (AvgIpc) is 2.37. The van der Waals surface area contributed by atoms with Crippen molar-refractivity contribution in [3.8, 4) is 0 Å². The molecule has 1 heterocycles. The number of nitrogens with zero attached hydrogens (tertiary/aromatic N) is 2. The van der Waals surface area contributed by atoms with E-state index in [9.17, 15) is 9.90 Å². The molecule has 1 aromatic heterocycles. The maximum absolute atomic E-state index is 12.3. The molecule has 0 aromatic carbocycles. The summed E-state index contributed by atoms with van der Waals surface area (Å²) in [5.41, 5.74) is 1.47. The predicted octanol–water partition coefficient (Wildman–Crippen LogP) is 1.77. The zero-order valence-corrected chi connectivity index (χ0v) is 11.0. The number of carbonyl (C=O) groups excluding carboxylic acids is 1. The van der Waals surface area contributed by atoms with Gasteiger partial charge >= 0.3 is 0 Å². The summed E-state index contributed by atoms with van der Waals surface area (Å²) in [5.74, 6) is -0.0357. The van der Waals surface area contributed by atoms with Crippen LogP contribution in [0.2, 0.25) is 0 Å². The van der Waals surface area contributed by atoms with Crippen LogP contribution >= 0.6 is 0 Å². The first-order valence-corrected chi connectivity index (χ1v) is 6.47. The van der Waals surface area contributed by atoms with Crippen molar-refractivity contribution in [2.24, 2.45) is 0 Å². The molecule has 1 saturated carbocycles. The first-order valence-electron chi connectivity index (χ1n) is 6.47. The van der Waals surface area contributed by atoms with Gasteiger partial charge in [-0.2, -0.15) is 0 Å². The second kappa shape index (κ2) is 5.48. The number of hydrogen-bond donors (Lipinski definition) is 1. The van der Waals surface area contributed by atoms with E-state index in [1.54, 1.807) is 30.3 Å². The Kier molecular flexibility index (Phi) is 3.97. The summed E-state index contributed by atoms with van der Waals surface area (Å²) in [6.07, 6.45) is 5.05. The van der Waals surface area contributed by atoms with Gasteiger partial charge in [-0.15, -0.1) is 0 Å². The molecule has 2 atom stereocenters. The number of aliphatic hydroxyl groups excluding tert-OH is 1. The molecule has 1 amide bonds. The number of aryl methyl sites for hydroxylation is 1. The Morgan fingerprint density at radius 2 is 2.17 bits per heavy atom. The predicted molar refractivity (Wildman–Crippen MR) is 69.3 cm³/mol. The minimum Gasteiger partial charge on any atom is -0.391 e. The van der Waals surface area contributed by atoms with Crippen molar-refractivity contribution in [3.63, 3.8) is 0 Å². The molecule has 4 nitrogen and oxygen atoms in total. The molecule has 18 heavy (non-hydrogen) atoms. The van der Waals surface area contributed by atoms with Crippen molar-refractivity contribution in [1.29, 1.82) is 0 Å². The van der Waals surface area contributed by atoms with Crippen LogP contribution in [0.1, 0.15) is 41.7 Å². The van der Waals surface area contributed by atoms with Gasteiger partial charge in [0, 0.05) is 24.5 Å². The molecule has 0 spiro atoms. The minimum atomic E-state index is -0.393. The summed E-state index contributed by atoms with van der Waals surface area (Å²) in [6.45, 7) is 1.87. The third-order valence-electron chi connectivity index (χ3n) is 3.66. The van der Waals surface area contributed by atoms with Crippen molar-refractivity contribution < 1.29 is 9.90 Å². The van der Waals surface area contributed by atoms with Crippen molar-refractivity contribution in [1.82, 2.24) is 9.88 Å². The highest BCUT2D eigenvalue weighted by Crippen LogP contribution is 2.23. The first kappa shape index (κ1) is 13.0. The van der Waals surface area contributed by atoms with Crippen molar-refractivity contribution >= 4 is 5.91 Å². The van der Waals surface area contributed by atoms with E-state index in [2.05, 4.69) is 4.98 Å². The van der Waals surface area contributed by atoms with Gasteiger partial charge in [0.1, 0.15) is 0 Å². The molecular formula is C14H20N2O2. The Balaban J connectivity index is 2.13. The van der Waals surface area contributed by atoms with Gasteiger partial charge in [-0.1, -0.05) is 12.8 Å². The zero-order chi connectivity index (χ0) is 13.1. The molecule has 0 radical (unpaired) electrons. The van der Waals surface area contributed by atoms with Gasteiger partial charge in [0.05, 0.1) is 12.1 Å². The molecule has 98 valence electrons. The molecule has 1 aliphatic rings. The van der Waals surface area contributed by atoms with E-state index in [1.807, 2.05) is 6.92 Å². The number of rotatable bonds is 2. The van der Waals surface area contributed by atoms with Gasteiger partial charge in [-0.05, 0) is 31.9 Å². The van der Waals surface area contributed by atoms with Crippen LogP contribution in [0.15, 0.2) is 18.3 Å². The second-order valence-electron chi connectivity index (χ2n) is 5.02. The number of carbonyl (C=O) groups is 1. The van der Waals surface area contributed by atoms with Crippen LogP contribution in [0.25, 0.3) is 0 Å². The van der Waals surface area contributed by atoms with Crippen LogP contribution in [0.4, 0.5) is 0 Å². The molecule has 0 aliphatic heterocycles. The fourth-order valence-electron chi connectivity index (χ4n) is 2.58. The fourth-order valence-corrected chi connectivity index (χ4v) is 2.58. The van der Waals surface area contributed by atoms with Crippen molar-refractivity contribution in [2.45, 2.75) is 44.8 Å². The van der Waals surface area contributed by atoms with Crippen LogP contribution in [0, 0.1) is 6.92 Å². The maximum Gasteiger partial charge on any atom is 0.254 e. The molecular weight excluding hydrogens is 228 g/mol. The van der Waals surface area contributed by atoms with E-state index in [0.29, 0.717) is 5.56 Å². The highest BCUT2D eigenvalue weighted by Gasteiger charge is 2.29. The summed E-state index contributed by atoms with van der Waals surface area (Å²) in [6, 6.07) is 3.45. The Morgan fingerprint density at radius 3 is 2.83 bits per heavy atom. The number of aliphatic hydroxyl groups is 1. The molecule has 1 aromatic rings. The van der Waals surface area contributed by atoms with E-state index in [0.717, 1.165) is 31.4 Å². The Labute approximate surface area is 108 Å². The van der Waals surface area contributed by atoms with E-state index in [-0.39, 0.29) is 11.9 Å². The van der Waals surface area contributed by atoms with Crippen LogP contribution < -0.4 is 0 Å². The number of likely N-dealkylation sites (N-methyl/N-ethyl adjacent to an activating group) is 1. The summed E-state index contributed by atoms with van der Waals surface area (Å²) < 4.78 is 0. The standard InChI is InChI=1S/C14H20N2O2/c1-10-9-11(7-8-15-10)14(18)16(2)12-5-3-4-6-13(12)17/h7-9,12-13,17H,3-6H2,1-2H3. The summed E-state index contributed by atoms with van der Waals surface area (Å²) >= 11 is 0. The lowest BCUT2D eigenvalue weighted by Crippen LogP contribution is -2.46. The van der Waals surface area contributed by atoms with Crippen molar-refractivity contribution in [3.05, 3.63) is 29.6 Å². The number of hydrogen-bond acceptors (Lipinski definition) is 3. The van der Waals surface area contributed by atoms with Crippen LogP contribution in [-0.2, 0) is 0 Å². The van der Waals surface area contributed by atoms with Gasteiger partial charge < -0.3 is 10.0 Å². The van der Waals surface area contributed by atoms with E-state index in [1.165, 1.54) is 0 Å². The van der Waals surface area contributed by atoms with Crippen LogP contribution in [0.5, 0.6) is 0 Å². The topological polar surface area (TPSA) is 53.4 Å². The van der Waals surface area contributed by atoms with Gasteiger partial charge in [0.2, 0.25) is 0 Å². The van der Waals surface area contributed by atoms with Gasteiger partial charge in [-0.3, -0.25) is 9.78 Å². The minimum absolute atomic E-state index is 0.0357. The Morgan fingerprint density at radius 1 is 1.44 bits per heavy atom. The van der Waals surface area contributed by atoms with Crippen molar-refractivity contribution in [2.75, 3.05) is 7.05 Å². The normalized spacial score (nSPS) is 23.7. The second-order valence-corrected chi connectivity index (χ2v) is 5.02. The third-order valence-corrected chi connectivity index (χ3v) is 3.66.